The summed E-state index contributed by atoms with van der Waals surface area (Å²) in [5.74, 6) is -0.0448. The van der Waals surface area contributed by atoms with E-state index in [1.54, 1.807) is 0 Å². The van der Waals surface area contributed by atoms with Crippen molar-refractivity contribution in [3.63, 3.8) is 0 Å². The molecule has 1 aromatic heterocycles. The maximum absolute atomic E-state index is 11.9. The number of halogens is 1. The van der Waals surface area contributed by atoms with Crippen LogP contribution in [0.3, 0.4) is 0 Å². The van der Waals surface area contributed by atoms with Crippen LogP contribution in [0, 0.1) is 6.92 Å². The van der Waals surface area contributed by atoms with Gasteiger partial charge < -0.3 is 10.1 Å². The SMILES string of the molecule is CCOC(C)(C)CNC(=O)c1cc(C)c(Br)s1. The molecule has 0 aromatic carbocycles. The van der Waals surface area contributed by atoms with Crippen molar-refractivity contribution >= 4 is 33.2 Å². The van der Waals surface area contributed by atoms with Gasteiger partial charge in [0.15, 0.2) is 0 Å². The number of hydrogen-bond donors (Lipinski definition) is 1. The van der Waals surface area contributed by atoms with Gasteiger partial charge in [-0.05, 0) is 55.3 Å². The largest absolute Gasteiger partial charge is 0.374 e. The fourth-order valence-electron chi connectivity index (χ4n) is 1.39. The Morgan fingerprint density at radius 3 is 2.71 bits per heavy atom. The summed E-state index contributed by atoms with van der Waals surface area (Å²) in [4.78, 5) is 12.6. The maximum atomic E-state index is 11.9. The summed E-state index contributed by atoms with van der Waals surface area (Å²) in [6, 6.07) is 1.89. The van der Waals surface area contributed by atoms with Crippen molar-refractivity contribution in [2.45, 2.75) is 33.3 Å². The van der Waals surface area contributed by atoms with Crippen LogP contribution in [0.5, 0.6) is 0 Å². The van der Waals surface area contributed by atoms with Gasteiger partial charge >= 0.3 is 0 Å². The number of thiophene rings is 1. The molecule has 0 unspecified atom stereocenters. The summed E-state index contributed by atoms with van der Waals surface area (Å²) in [5, 5.41) is 2.89. The minimum atomic E-state index is -0.325. The topological polar surface area (TPSA) is 38.3 Å². The molecule has 0 bridgehead atoms. The van der Waals surface area contributed by atoms with Gasteiger partial charge in [0.25, 0.3) is 5.91 Å². The fraction of sp³-hybridized carbons (Fsp3) is 0.583. The zero-order valence-corrected chi connectivity index (χ0v) is 13.0. The van der Waals surface area contributed by atoms with Gasteiger partial charge in [-0.25, -0.2) is 0 Å². The molecule has 3 nitrogen and oxygen atoms in total. The van der Waals surface area contributed by atoms with Gasteiger partial charge in [0, 0.05) is 13.2 Å². The third kappa shape index (κ3) is 4.41. The molecule has 1 N–H and O–H groups in total. The zero-order valence-electron chi connectivity index (χ0n) is 10.6. The Balaban J connectivity index is 2.56. The molecular weight excluding hydrogens is 302 g/mol. The smallest absolute Gasteiger partial charge is 0.261 e. The summed E-state index contributed by atoms with van der Waals surface area (Å²) in [6.45, 7) is 9.00. The second-order valence-electron chi connectivity index (χ2n) is 4.44. The standard InChI is InChI=1S/C12H18BrNO2S/c1-5-16-12(3,4)7-14-11(15)9-6-8(2)10(13)17-9/h6H,5,7H2,1-4H3,(H,14,15). The van der Waals surface area contributed by atoms with E-state index in [0.29, 0.717) is 13.2 Å². The minimum Gasteiger partial charge on any atom is -0.374 e. The molecule has 0 aliphatic heterocycles. The molecule has 0 aliphatic rings. The quantitative estimate of drug-likeness (QED) is 0.903. The lowest BCUT2D eigenvalue weighted by Gasteiger charge is -2.24. The predicted molar refractivity (Wildman–Crippen MR) is 74.8 cm³/mol. The molecule has 96 valence electrons. The van der Waals surface area contributed by atoms with Crippen LogP contribution in [0.15, 0.2) is 9.85 Å². The van der Waals surface area contributed by atoms with Crippen LogP contribution in [0.4, 0.5) is 0 Å². The van der Waals surface area contributed by atoms with E-state index >= 15 is 0 Å². The van der Waals surface area contributed by atoms with Crippen LogP contribution >= 0.6 is 27.3 Å². The Morgan fingerprint density at radius 1 is 1.59 bits per heavy atom. The molecule has 0 saturated heterocycles. The van der Waals surface area contributed by atoms with E-state index in [1.807, 2.05) is 33.8 Å². The van der Waals surface area contributed by atoms with Gasteiger partial charge in [0.05, 0.1) is 14.3 Å². The lowest BCUT2D eigenvalue weighted by atomic mass is 10.1. The molecule has 0 saturated carbocycles. The summed E-state index contributed by atoms with van der Waals surface area (Å²) < 4.78 is 6.53. The Bertz CT molecular complexity index is 382. The molecule has 0 fully saturated rings. The lowest BCUT2D eigenvalue weighted by molar-refractivity contribution is -0.00812. The van der Waals surface area contributed by atoms with Crippen LogP contribution in [0.1, 0.15) is 36.0 Å². The number of hydrogen-bond acceptors (Lipinski definition) is 3. The van der Waals surface area contributed by atoms with Crippen LogP contribution in [-0.2, 0) is 4.74 Å². The third-order valence-electron chi connectivity index (χ3n) is 2.29. The summed E-state index contributed by atoms with van der Waals surface area (Å²) >= 11 is 4.86. The van der Waals surface area contributed by atoms with Crippen molar-refractivity contribution in [1.29, 1.82) is 0 Å². The van der Waals surface area contributed by atoms with Crippen LogP contribution in [0.2, 0.25) is 0 Å². The Hall–Kier alpha value is -0.390. The molecule has 1 heterocycles. The highest BCUT2D eigenvalue weighted by Gasteiger charge is 2.19. The number of ether oxygens (including phenoxy) is 1. The van der Waals surface area contributed by atoms with Crippen molar-refractivity contribution in [3.05, 3.63) is 20.3 Å². The summed E-state index contributed by atoms with van der Waals surface area (Å²) in [5.41, 5.74) is 0.762. The molecular formula is C12H18BrNO2S. The number of rotatable bonds is 5. The number of carbonyl (C=O) groups excluding carboxylic acids is 1. The number of aryl methyl sites for hydroxylation is 1. The lowest BCUT2D eigenvalue weighted by Crippen LogP contribution is -2.40. The van der Waals surface area contributed by atoms with Crippen LogP contribution in [-0.4, -0.2) is 24.7 Å². The Labute approximate surface area is 115 Å². The predicted octanol–water partition coefficient (Wildman–Crippen LogP) is 3.36. The summed E-state index contributed by atoms with van der Waals surface area (Å²) in [6.07, 6.45) is 0. The van der Waals surface area contributed by atoms with Gasteiger partial charge in [0.2, 0.25) is 0 Å². The van der Waals surface area contributed by atoms with Gasteiger partial charge in [-0.2, -0.15) is 0 Å². The van der Waals surface area contributed by atoms with Gasteiger partial charge in [0.1, 0.15) is 0 Å². The zero-order chi connectivity index (χ0) is 13.1. The Kier molecular flexibility index (Phi) is 5.16. The normalized spacial score (nSPS) is 11.6. The molecule has 0 spiro atoms. The first-order valence-corrected chi connectivity index (χ1v) is 7.15. The van der Waals surface area contributed by atoms with Crippen molar-refractivity contribution in [2.75, 3.05) is 13.2 Å². The van der Waals surface area contributed by atoms with E-state index in [9.17, 15) is 4.79 Å². The van der Waals surface area contributed by atoms with Crippen molar-refractivity contribution < 1.29 is 9.53 Å². The molecule has 5 heteroatoms. The first-order valence-electron chi connectivity index (χ1n) is 5.54. The number of amides is 1. The van der Waals surface area contributed by atoms with E-state index in [0.717, 1.165) is 14.2 Å². The average Bonchev–Trinajstić information content (AvgIpc) is 2.56. The Morgan fingerprint density at radius 2 is 2.24 bits per heavy atom. The first-order chi connectivity index (χ1) is 7.85. The molecule has 1 aromatic rings. The molecule has 1 amide bonds. The van der Waals surface area contributed by atoms with E-state index < -0.39 is 0 Å². The minimum absolute atomic E-state index is 0.0448. The van der Waals surface area contributed by atoms with Crippen molar-refractivity contribution in [1.82, 2.24) is 5.32 Å². The first kappa shape index (κ1) is 14.7. The average molecular weight is 320 g/mol. The molecule has 1 rings (SSSR count). The second kappa shape index (κ2) is 5.98. The molecule has 0 aliphatic carbocycles. The maximum Gasteiger partial charge on any atom is 0.261 e. The molecule has 17 heavy (non-hydrogen) atoms. The molecule has 0 radical (unpaired) electrons. The van der Waals surface area contributed by atoms with Crippen molar-refractivity contribution in [2.24, 2.45) is 0 Å². The van der Waals surface area contributed by atoms with E-state index in [4.69, 9.17) is 4.74 Å². The van der Waals surface area contributed by atoms with E-state index in [1.165, 1.54) is 11.3 Å². The van der Waals surface area contributed by atoms with E-state index in [-0.39, 0.29) is 11.5 Å². The highest BCUT2D eigenvalue weighted by Crippen LogP contribution is 2.27. The van der Waals surface area contributed by atoms with Gasteiger partial charge in [-0.15, -0.1) is 11.3 Å². The van der Waals surface area contributed by atoms with Crippen LogP contribution in [0.25, 0.3) is 0 Å². The van der Waals surface area contributed by atoms with E-state index in [2.05, 4.69) is 21.2 Å². The van der Waals surface area contributed by atoms with Gasteiger partial charge in [-0.1, -0.05) is 0 Å². The van der Waals surface area contributed by atoms with Crippen LogP contribution < -0.4 is 5.32 Å². The highest BCUT2D eigenvalue weighted by molar-refractivity contribution is 9.11. The third-order valence-corrected chi connectivity index (χ3v) is 4.43. The summed E-state index contributed by atoms with van der Waals surface area (Å²) in [7, 11) is 0. The van der Waals surface area contributed by atoms with Crippen molar-refractivity contribution in [3.8, 4) is 0 Å². The highest BCUT2D eigenvalue weighted by atomic mass is 79.9. The number of nitrogens with one attached hydrogen (secondary N) is 1. The second-order valence-corrected chi connectivity index (χ2v) is 6.81. The fourth-order valence-corrected chi connectivity index (χ4v) is 2.84. The molecule has 0 atom stereocenters. The number of carbonyl (C=O) groups is 1. The van der Waals surface area contributed by atoms with Gasteiger partial charge in [-0.3, -0.25) is 4.79 Å². The monoisotopic (exact) mass is 319 g/mol.